The highest BCUT2D eigenvalue weighted by Crippen LogP contribution is 2.36. The molecule has 18 heavy (non-hydrogen) atoms. The first-order valence-corrected chi connectivity index (χ1v) is 6.25. The molecule has 0 saturated carbocycles. The third kappa shape index (κ3) is 2.08. The van der Waals surface area contributed by atoms with Gasteiger partial charge in [0, 0.05) is 5.75 Å². The number of carbonyl (C=O) groups excluding carboxylic acids is 3. The van der Waals surface area contributed by atoms with E-state index in [1.807, 2.05) is 0 Å². The molecule has 2 aliphatic rings. The van der Waals surface area contributed by atoms with E-state index in [-0.39, 0.29) is 17.0 Å². The number of nitrogens with zero attached hydrogens (tertiary/aromatic N) is 1. The summed E-state index contributed by atoms with van der Waals surface area (Å²) >= 11 is 1.48. The van der Waals surface area contributed by atoms with E-state index in [0.29, 0.717) is 5.75 Å². The van der Waals surface area contributed by atoms with Crippen LogP contribution >= 0.6 is 11.8 Å². The van der Waals surface area contributed by atoms with E-state index in [1.165, 1.54) is 23.8 Å². The lowest BCUT2D eigenvalue weighted by atomic mass is 10.1. The monoisotopic (exact) mass is 272 g/mol. The Labute approximate surface area is 107 Å². The molecular weight excluding hydrogens is 260 g/mol. The van der Waals surface area contributed by atoms with Crippen molar-refractivity contribution in [3.05, 3.63) is 11.8 Å². The van der Waals surface area contributed by atoms with Crippen molar-refractivity contribution in [1.82, 2.24) is 4.90 Å². The number of ether oxygens (including phenoxy) is 2. The van der Waals surface area contributed by atoms with Gasteiger partial charge >= 0.3 is 11.9 Å². The smallest absolute Gasteiger partial charge is 0.355 e. The second kappa shape index (κ2) is 4.99. The van der Waals surface area contributed by atoms with Crippen LogP contribution < -0.4 is 5.73 Å². The molecule has 0 aliphatic carbocycles. The summed E-state index contributed by atoms with van der Waals surface area (Å²) in [5.74, 6) is -1.11. The minimum absolute atomic E-state index is 0.148. The van der Waals surface area contributed by atoms with Crippen LogP contribution in [0.1, 0.15) is 0 Å². The van der Waals surface area contributed by atoms with Crippen LogP contribution in [-0.4, -0.2) is 53.6 Å². The van der Waals surface area contributed by atoms with Crippen molar-refractivity contribution in [3.8, 4) is 0 Å². The maximum Gasteiger partial charge on any atom is 0.355 e. The zero-order chi connectivity index (χ0) is 13.3. The van der Waals surface area contributed by atoms with Crippen LogP contribution in [0.3, 0.4) is 0 Å². The van der Waals surface area contributed by atoms with Gasteiger partial charge in [-0.3, -0.25) is 9.69 Å². The molecular formula is C10H12N2O5S. The van der Waals surface area contributed by atoms with Crippen LogP contribution in [-0.2, 0) is 23.9 Å². The summed E-state index contributed by atoms with van der Waals surface area (Å²) in [6.07, 6.45) is 1.59. The average Bonchev–Trinajstić information content (AvgIpc) is 2.42. The molecule has 0 spiro atoms. The predicted molar refractivity (Wildman–Crippen MR) is 62.1 cm³/mol. The standard InChI is InChI=1S/C10H12N2O5S/c1-16-6(13)4-17-10(15)5-2-3-18-9-7(11)8(14)12(5)9/h2,7,9H,3-4,11H2,1H3/t7?,9-/m1/s1. The molecule has 2 N–H and O–H groups in total. The number of β-lactam (4-membered cyclic amide) rings is 1. The van der Waals surface area contributed by atoms with Crippen LogP contribution in [0, 0.1) is 0 Å². The molecule has 1 amide bonds. The van der Waals surface area contributed by atoms with Crippen molar-refractivity contribution >= 4 is 29.6 Å². The first kappa shape index (κ1) is 12.9. The van der Waals surface area contributed by atoms with Crippen LogP contribution in [0.25, 0.3) is 0 Å². The quantitative estimate of drug-likeness (QED) is 0.510. The zero-order valence-electron chi connectivity index (χ0n) is 9.62. The summed E-state index contributed by atoms with van der Waals surface area (Å²) in [7, 11) is 1.20. The van der Waals surface area contributed by atoms with E-state index in [9.17, 15) is 14.4 Å². The predicted octanol–water partition coefficient (Wildman–Crippen LogP) is -1.17. The fourth-order valence-electron chi connectivity index (χ4n) is 1.68. The summed E-state index contributed by atoms with van der Waals surface area (Å²) in [6.45, 7) is -0.474. The molecule has 2 rings (SSSR count). The minimum atomic E-state index is -0.717. The number of hydrogen-bond acceptors (Lipinski definition) is 7. The van der Waals surface area contributed by atoms with Crippen molar-refractivity contribution in [1.29, 1.82) is 0 Å². The molecule has 2 heterocycles. The fourth-order valence-corrected chi connectivity index (χ4v) is 2.83. The van der Waals surface area contributed by atoms with Gasteiger partial charge in [-0.05, 0) is 6.08 Å². The molecule has 0 aromatic heterocycles. The minimum Gasteiger partial charge on any atom is -0.466 e. The number of amides is 1. The Bertz CT molecular complexity index is 436. The number of methoxy groups -OCH3 is 1. The highest BCUT2D eigenvalue weighted by Gasteiger charge is 2.50. The largest absolute Gasteiger partial charge is 0.466 e. The normalized spacial score (nSPS) is 25.8. The third-order valence-corrected chi connectivity index (χ3v) is 3.85. The van der Waals surface area contributed by atoms with Crippen molar-refractivity contribution < 1.29 is 23.9 Å². The molecule has 7 nitrogen and oxygen atoms in total. The number of rotatable bonds is 3. The van der Waals surface area contributed by atoms with E-state index in [0.717, 1.165) is 0 Å². The van der Waals surface area contributed by atoms with E-state index in [4.69, 9.17) is 10.5 Å². The van der Waals surface area contributed by atoms with E-state index in [2.05, 4.69) is 4.74 Å². The molecule has 98 valence electrons. The zero-order valence-corrected chi connectivity index (χ0v) is 10.4. The number of carbonyl (C=O) groups is 3. The van der Waals surface area contributed by atoms with Gasteiger partial charge in [0.05, 0.1) is 7.11 Å². The number of esters is 2. The Hall–Kier alpha value is -1.54. The van der Waals surface area contributed by atoms with Gasteiger partial charge in [0.2, 0.25) is 5.91 Å². The third-order valence-electron chi connectivity index (χ3n) is 2.65. The molecule has 1 saturated heterocycles. The lowest BCUT2D eigenvalue weighted by Crippen LogP contribution is -2.68. The Balaban J connectivity index is 2.00. The molecule has 0 aromatic carbocycles. The maximum atomic E-state index is 11.7. The number of nitrogens with two attached hydrogens (primary N) is 1. The van der Waals surface area contributed by atoms with Gasteiger partial charge < -0.3 is 15.2 Å². The highest BCUT2D eigenvalue weighted by atomic mass is 32.2. The Morgan fingerprint density at radius 2 is 2.33 bits per heavy atom. The Morgan fingerprint density at radius 3 is 3.00 bits per heavy atom. The number of hydrogen-bond donors (Lipinski definition) is 1. The topological polar surface area (TPSA) is 98.9 Å². The van der Waals surface area contributed by atoms with Gasteiger partial charge in [-0.1, -0.05) is 0 Å². The SMILES string of the molecule is COC(=O)COC(=O)C1=CCS[C@@H]2C(N)C(=O)N12. The van der Waals surface area contributed by atoms with Crippen molar-refractivity contribution in [2.75, 3.05) is 19.5 Å². The summed E-state index contributed by atoms with van der Waals surface area (Å²) in [6, 6.07) is -0.577. The van der Waals surface area contributed by atoms with E-state index >= 15 is 0 Å². The fraction of sp³-hybridized carbons (Fsp3) is 0.500. The Morgan fingerprint density at radius 1 is 1.61 bits per heavy atom. The van der Waals surface area contributed by atoms with Gasteiger partial charge in [0.1, 0.15) is 17.1 Å². The van der Waals surface area contributed by atoms with Gasteiger partial charge in [-0.25, -0.2) is 9.59 Å². The number of thioether (sulfide) groups is 1. The van der Waals surface area contributed by atoms with Gasteiger partial charge in [-0.15, -0.1) is 11.8 Å². The van der Waals surface area contributed by atoms with Gasteiger partial charge in [0.25, 0.3) is 0 Å². The van der Waals surface area contributed by atoms with E-state index < -0.39 is 24.6 Å². The lowest BCUT2D eigenvalue weighted by Gasteiger charge is -2.46. The molecule has 8 heteroatoms. The molecule has 1 fully saturated rings. The van der Waals surface area contributed by atoms with Crippen LogP contribution in [0.4, 0.5) is 0 Å². The summed E-state index contributed by atoms with van der Waals surface area (Å²) in [5, 5.41) is -0.219. The summed E-state index contributed by atoms with van der Waals surface area (Å²) in [4.78, 5) is 35.4. The first-order valence-electron chi connectivity index (χ1n) is 5.20. The van der Waals surface area contributed by atoms with Crippen LogP contribution in [0.5, 0.6) is 0 Å². The molecule has 0 aromatic rings. The molecule has 0 bridgehead atoms. The first-order chi connectivity index (χ1) is 8.56. The number of fused-ring (bicyclic) bond motifs is 1. The Kier molecular flexibility index (Phi) is 3.58. The van der Waals surface area contributed by atoms with Crippen molar-refractivity contribution in [3.63, 3.8) is 0 Å². The van der Waals surface area contributed by atoms with Gasteiger partial charge in [-0.2, -0.15) is 0 Å². The lowest BCUT2D eigenvalue weighted by molar-refractivity contribution is -0.158. The average molecular weight is 272 g/mol. The van der Waals surface area contributed by atoms with Crippen molar-refractivity contribution in [2.24, 2.45) is 5.73 Å². The molecule has 2 atom stereocenters. The van der Waals surface area contributed by atoms with Crippen LogP contribution in [0.15, 0.2) is 11.8 Å². The molecule has 0 radical (unpaired) electrons. The summed E-state index contributed by atoms with van der Waals surface area (Å²) in [5.41, 5.74) is 5.76. The van der Waals surface area contributed by atoms with Gasteiger partial charge in [0.15, 0.2) is 6.61 Å². The second-order valence-electron chi connectivity index (χ2n) is 3.70. The molecule has 2 aliphatic heterocycles. The van der Waals surface area contributed by atoms with Crippen molar-refractivity contribution in [2.45, 2.75) is 11.4 Å². The summed E-state index contributed by atoms with van der Waals surface area (Å²) < 4.78 is 9.09. The highest BCUT2D eigenvalue weighted by molar-refractivity contribution is 8.00. The van der Waals surface area contributed by atoms with E-state index in [1.54, 1.807) is 6.08 Å². The second-order valence-corrected chi connectivity index (χ2v) is 4.85. The maximum absolute atomic E-state index is 11.7. The molecule has 1 unspecified atom stereocenters. The van der Waals surface area contributed by atoms with Crippen LogP contribution in [0.2, 0.25) is 0 Å².